The summed E-state index contributed by atoms with van der Waals surface area (Å²) in [5.41, 5.74) is 0.937. The number of esters is 1. The molecule has 0 saturated carbocycles. The van der Waals surface area contributed by atoms with E-state index in [1.165, 1.54) is 0 Å². The topological polar surface area (TPSA) is 102 Å². The largest absolute Gasteiger partial charge is 0.465 e. The summed E-state index contributed by atoms with van der Waals surface area (Å²) >= 11 is 5.61. The molecule has 0 aliphatic rings. The molecule has 0 saturated heterocycles. The van der Waals surface area contributed by atoms with Gasteiger partial charge in [0.15, 0.2) is 0 Å². The lowest BCUT2D eigenvalue weighted by Crippen LogP contribution is -2.04. The maximum atomic E-state index is 11.2. The number of hydrogen-bond acceptors (Lipinski definition) is 6. The molecule has 7 nitrogen and oxygen atoms in total. The Morgan fingerprint density at radius 3 is 2.69 bits per heavy atom. The summed E-state index contributed by atoms with van der Waals surface area (Å²) < 4.78 is 4.40. The molecule has 1 aromatic rings. The lowest BCUT2D eigenvalue weighted by Gasteiger charge is -2.05. The molecule has 0 atom stereocenters. The molecule has 0 bridgehead atoms. The number of carbonyl (C=O) groups excluding carboxylic acids is 1. The van der Waals surface area contributed by atoms with Gasteiger partial charge in [-0.05, 0) is 6.07 Å². The second kappa shape index (κ2) is 4.77. The highest BCUT2D eigenvalue weighted by Crippen LogP contribution is 2.33. The Kier molecular flexibility index (Phi) is 3.64. The van der Waals surface area contributed by atoms with Crippen molar-refractivity contribution in [3.63, 3.8) is 0 Å². The van der Waals surface area contributed by atoms with Crippen molar-refractivity contribution < 1.29 is 19.7 Å². The van der Waals surface area contributed by atoms with E-state index in [-0.39, 0.29) is 16.3 Å². The molecule has 16 heavy (non-hydrogen) atoms. The van der Waals surface area contributed by atoms with E-state index in [0.29, 0.717) is 0 Å². The van der Waals surface area contributed by atoms with Crippen molar-refractivity contribution in [2.75, 3.05) is 12.6 Å². The molecular formula is C8H7ClN2O5. The van der Waals surface area contributed by atoms with E-state index in [9.17, 15) is 14.9 Å². The van der Waals surface area contributed by atoms with Gasteiger partial charge in [0.2, 0.25) is 0 Å². The van der Waals surface area contributed by atoms with Crippen LogP contribution in [0, 0.1) is 10.1 Å². The lowest BCUT2D eigenvalue weighted by molar-refractivity contribution is -0.384. The molecule has 0 spiro atoms. The first-order valence-corrected chi connectivity index (χ1v) is 4.35. The highest BCUT2D eigenvalue weighted by atomic mass is 35.5. The van der Waals surface area contributed by atoms with Crippen LogP contribution in [0.5, 0.6) is 0 Å². The molecule has 0 aromatic heterocycles. The Morgan fingerprint density at radius 1 is 1.62 bits per heavy atom. The average Bonchev–Trinajstić information content (AvgIpc) is 2.27. The molecule has 0 aliphatic heterocycles. The first-order valence-electron chi connectivity index (χ1n) is 3.97. The standard InChI is InChI=1S/C8H7ClN2O5/c1-16-8(12)4-2-5(10-13)7(9)6(3-4)11(14)15/h2-3,10,13H,1H3. The first-order chi connectivity index (χ1) is 7.51. The minimum Gasteiger partial charge on any atom is -0.465 e. The minimum absolute atomic E-state index is 0.0878. The van der Waals surface area contributed by atoms with Gasteiger partial charge in [0, 0.05) is 6.07 Å². The Labute approximate surface area is 94.7 Å². The van der Waals surface area contributed by atoms with Crippen molar-refractivity contribution in [2.24, 2.45) is 0 Å². The Bertz CT molecular complexity index is 448. The smallest absolute Gasteiger partial charge is 0.338 e. The summed E-state index contributed by atoms with van der Waals surface area (Å²) in [5, 5.41) is 19.0. The summed E-state index contributed by atoms with van der Waals surface area (Å²) in [5.74, 6) is -0.767. The minimum atomic E-state index is -0.768. The van der Waals surface area contributed by atoms with E-state index < -0.39 is 16.6 Å². The molecule has 0 radical (unpaired) electrons. The number of anilines is 1. The number of benzene rings is 1. The van der Waals surface area contributed by atoms with E-state index in [2.05, 4.69) is 4.74 Å². The van der Waals surface area contributed by atoms with Crippen molar-refractivity contribution in [3.8, 4) is 0 Å². The maximum Gasteiger partial charge on any atom is 0.338 e. The van der Waals surface area contributed by atoms with Gasteiger partial charge >= 0.3 is 5.97 Å². The molecule has 1 rings (SSSR count). The molecule has 2 N–H and O–H groups in total. The zero-order valence-corrected chi connectivity index (χ0v) is 8.82. The number of methoxy groups -OCH3 is 1. The van der Waals surface area contributed by atoms with Crippen LogP contribution in [0.2, 0.25) is 5.02 Å². The predicted molar refractivity (Wildman–Crippen MR) is 54.9 cm³/mol. The van der Waals surface area contributed by atoms with E-state index in [1.54, 1.807) is 5.48 Å². The molecule has 0 heterocycles. The summed E-state index contributed by atoms with van der Waals surface area (Å²) in [4.78, 5) is 21.0. The van der Waals surface area contributed by atoms with Gasteiger partial charge in [0.25, 0.3) is 5.69 Å². The second-order valence-corrected chi connectivity index (χ2v) is 3.10. The molecule has 0 unspecified atom stereocenters. The quantitative estimate of drug-likeness (QED) is 0.479. The molecule has 1 aromatic carbocycles. The Balaban J connectivity index is 3.40. The lowest BCUT2D eigenvalue weighted by atomic mass is 10.2. The molecule has 0 fully saturated rings. The van der Waals surface area contributed by atoms with Gasteiger partial charge in [-0.3, -0.25) is 20.8 Å². The van der Waals surface area contributed by atoms with Crippen molar-refractivity contribution in [2.45, 2.75) is 0 Å². The number of rotatable bonds is 3. The zero-order valence-electron chi connectivity index (χ0n) is 8.06. The monoisotopic (exact) mass is 246 g/mol. The fourth-order valence-electron chi connectivity index (χ4n) is 1.06. The highest BCUT2D eigenvalue weighted by Gasteiger charge is 2.21. The van der Waals surface area contributed by atoms with Gasteiger partial charge in [-0.15, -0.1) is 0 Å². The third-order valence-corrected chi connectivity index (χ3v) is 2.19. The summed E-state index contributed by atoms with van der Waals surface area (Å²) in [6, 6.07) is 2.11. The van der Waals surface area contributed by atoms with E-state index >= 15 is 0 Å². The number of nitro benzene ring substituents is 1. The fourth-order valence-corrected chi connectivity index (χ4v) is 1.28. The number of halogens is 1. The SMILES string of the molecule is COC(=O)c1cc(NO)c(Cl)c([N+](=O)[O-])c1. The van der Waals surface area contributed by atoms with Crippen molar-refractivity contribution in [1.82, 2.24) is 0 Å². The molecule has 86 valence electrons. The molecule has 0 amide bonds. The Morgan fingerprint density at radius 2 is 2.25 bits per heavy atom. The van der Waals surface area contributed by atoms with E-state index in [1.807, 2.05) is 0 Å². The number of carbonyl (C=O) groups is 1. The van der Waals surface area contributed by atoms with Crippen LogP contribution in [-0.4, -0.2) is 23.2 Å². The van der Waals surface area contributed by atoms with Gasteiger partial charge in [-0.25, -0.2) is 4.79 Å². The van der Waals surface area contributed by atoms with Crippen LogP contribution in [0.1, 0.15) is 10.4 Å². The van der Waals surface area contributed by atoms with Crippen LogP contribution in [0.3, 0.4) is 0 Å². The van der Waals surface area contributed by atoms with Crippen LogP contribution in [0.25, 0.3) is 0 Å². The van der Waals surface area contributed by atoms with E-state index in [4.69, 9.17) is 16.8 Å². The van der Waals surface area contributed by atoms with Gasteiger partial charge in [0.1, 0.15) is 5.02 Å². The van der Waals surface area contributed by atoms with Crippen molar-refractivity contribution in [1.29, 1.82) is 0 Å². The van der Waals surface area contributed by atoms with Crippen LogP contribution in [0.4, 0.5) is 11.4 Å². The number of hydrogen-bond donors (Lipinski definition) is 2. The van der Waals surface area contributed by atoms with Crippen LogP contribution >= 0.6 is 11.6 Å². The molecule has 8 heteroatoms. The summed E-state index contributed by atoms with van der Waals surface area (Å²) in [6.45, 7) is 0. The maximum absolute atomic E-state index is 11.2. The summed E-state index contributed by atoms with van der Waals surface area (Å²) in [7, 11) is 1.13. The number of ether oxygens (including phenoxy) is 1. The second-order valence-electron chi connectivity index (χ2n) is 2.72. The predicted octanol–water partition coefficient (Wildman–Crippen LogP) is 1.84. The normalized spacial score (nSPS) is 9.69. The third-order valence-electron chi connectivity index (χ3n) is 1.79. The van der Waals surface area contributed by atoms with E-state index in [0.717, 1.165) is 19.2 Å². The molecular weight excluding hydrogens is 240 g/mol. The number of nitrogens with zero attached hydrogens (tertiary/aromatic N) is 1. The van der Waals surface area contributed by atoms with Gasteiger partial charge < -0.3 is 4.74 Å². The van der Waals surface area contributed by atoms with Crippen LogP contribution in [-0.2, 0) is 4.74 Å². The van der Waals surface area contributed by atoms with Gasteiger partial charge in [0.05, 0.1) is 23.3 Å². The van der Waals surface area contributed by atoms with Gasteiger partial charge in [-0.2, -0.15) is 0 Å². The fraction of sp³-hybridized carbons (Fsp3) is 0.125. The summed E-state index contributed by atoms with van der Waals surface area (Å²) in [6.07, 6.45) is 0. The first kappa shape index (κ1) is 12.2. The molecule has 0 aliphatic carbocycles. The zero-order chi connectivity index (χ0) is 12.3. The number of nitro groups is 1. The average molecular weight is 247 g/mol. The third kappa shape index (κ3) is 2.20. The Hall–Kier alpha value is -1.86. The number of nitrogens with one attached hydrogen (secondary N) is 1. The van der Waals surface area contributed by atoms with Crippen LogP contribution < -0.4 is 5.48 Å². The van der Waals surface area contributed by atoms with Crippen molar-refractivity contribution in [3.05, 3.63) is 32.8 Å². The van der Waals surface area contributed by atoms with Gasteiger partial charge in [-0.1, -0.05) is 11.6 Å². The van der Waals surface area contributed by atoms with Crippen LogP contribution in [0.15, 0.2) is 12.1 Å². The highest BCUT2D eigenvalue weighted by molar-refractivity contribution is 6.35. The van der Waals surface area contributed by atoms with Crippen molar-refractivity contribution >= 4 is 28.9 Å².